The van der Waals surface area contributed by atoms with Crippen molar-refractivity contribution in [2.75, 3.05) is 46.9 Å². The maximum absolute atomic E-state index is 14.3. The minimum atomic E-state index is -0.565. The van der Waals surface area contributed by atoms with Crippen molar-refractivity contribution >= 4 is 12.0 Å². The number of carbonyl (C=O) groups is 2. The first-order valence-corrected chi connectivity index (χ1v) is 12.5. The van der Waals surface area contributed by atoms with Crippen LogP contribution in [0.3, 0.4) is 0 Å². The third-order valence-electron chi connectivity index (χ3n) is 6.92. The maximum atomic E-state index is 14.3. The summed E-state index contributed by atoms with van der Waals surface area (Å²) < 4.78 is 25.4. The molecule has 0 radical (unpaired) electrons. The Morgan fingerprint density at radius 2 is 1.94 bits per heavy atom. The number of nitrogens with zero attached hydrogens (tertiary/aromatic N) is 2. The first-order valence-electron chi connectivity index (χ1n) is 12.5. The molecule has 8 heteroatoms. The predicted octanol–water partition coefficient (Wildman–Crippen LogP) is 4.31. The third kappa shape index (κ3) is 7.32. The summed E-state index contributed by atoms with van der Waals surface area (Å²) in [4.78, 5) is 28.0. The lowest BCUT2D eigenvalue weighted by atomic mass is 9.56. The lowest BCUT2D eigenvalue weighted by molar-refractivity contribution is -0.0203. The Bertz CT molecular complexity index is 829. The van der Waals surface area contributed by atoms with Crippen LogP contribution in [-0.4, -0.2) is 74.8 Å². The second-order valence-electron chi connectivity index (χ2n) is 10.4. The van der Waals surface area contributed by atoms with Gasteiger partial charge in [-0.3, -0.25) is 4.79 Å². The van der Waals surface area contributed by atoms with E-state index in [1.807, 2.05) is 37.7 Å². The highest BCUT2D eigenvalue weighted by molar-refractivity contribution is 5.94. The van der Waals surface area contributed by atoms with Crippen LogP contribution in [0, 0.1) is 17.2 Å². The summed E-state index contributed by atoms with van der Waals surface area (Å²) in [6.07, 6.45) is 6.29. The van der Waals surface area contributed by atoms with Gasteiger partial charge in [0.05, 0.1) is 18.3 Å². The fourth-order valence-corrected chi connectivity index (χ4v) is 5.04. The number of amides is 2. The molecule has 190 valence electrons. The number of likely N-dealkylation sites (tertiary alicyclic amines) is 1. The van der Waals surface area contributed by atoms with Crippen molar-refractivity contribution in [2.45, 2.75) is 58.5 Å². The van der Waals surface area contributed by atoms with Crippen molar-refractivity contribution in [1.29, 1.82) is 0 Å². The standard InChI is InChI=1S/C26H40FN3O4/c1-19(2)34-25(32)30-12-9-26(10-13-30)17-20(18-26)6-5-15-33-21-7-8-22(23(27)16-21)24(31)28-11-14-29(3)4/h7-8,16,19-20H,5-6,9-15,17-18H2,1-4H3,(H,28,31). The molecule has 0 aromatic heterocycles. The van der Waals surface area contributed by atoms with Crippen LogP contribution < -0.4 is 10.1 Å². The molecule has 3 rings (SSSR count). The van der Waals surface area contributed by atoms with Crippen molar-refractivity contribution in [2.24, 2.45) is 11.3 Å². The van der Waals surface area contributed by atoms with Crippen molar-refractivity contribution in [3.8, 4) is 5.75 Å². The highest BCUT2D eigenvalue weighted by atomic mass is 19.1. The zero-order valence-corrected chi connectivity index (χ0v) is 21.1. The highest BCUT2D eigenvalue weighted by Gasteiger charge is 2.46. The number of halogens is 1. The fraction of sp³-hybridized carbons (Fsp3) is 0.692. The number of likely N-dealkylation sites (N-methyl/N-ethyl adjacent to an activating group) is 1. The second-order valence-corrected chi connectivity index (χ2v) is 10.4. The Morgan fingerprint density at radius 3 is 2.56 bits per heavy atom. The average Bonchev–Trinajstić information content (AvgIpc) is 2.75. The van der Waals surface area contributed by atoms with Gasteiger partial charge in [0.25, 0.3) is 5.91 Å². The van der Waals surface area contributed by atoms with Crippen molar-refractivity contribution in [3.05, 3.63) is 29.6 Å². The number of benzene rings is 1. The van der Waals surface area contributed by atoms with E-state index in [-0.39, 0.29) is 17.8 Å². The first kappa shape index (κ1) is 26.3. The van der Waals surface area contributed by atoms with Gasteiger partial charge in [0, 0.05) is 32.2 Å². The van der Waals surface area contributed by atoms with Crippen LogP contribution >= 0.6 is 0 Å². The van der Waals surface area contributed by atoms with Crippen LogP contribution in [-0.2, 0) is 4.74 Å². The summed E-state index contributed by atoms with van der Waals surface area (Å²) in [7, 11) is 3.83. The van der Waals surface area contributed by atoms with Gasteiger partial charge in [-0.25, -0.2) is 9.18 Å². The first-order chi connectivity index (χ1) is 16.2. The smallest absolute Gasteiger partial charge is 0.410 e. The fourth-order valence-electron chi connectivity index (χ4n) is 5.04. The zero-order chi connectivity index (χ0) is 24.7. The summed E-state index contributed by atoms with van der Waals surface area (Å²) in [6.45, 7) is 7.03. The quantitative estimate of drug-likeness (QED) is 0.509. The Labute approximate surface area is 203 Å². The molecule has 2 aliphatic rings. The molecule has 1 N–H and O–H groups in total. The van der Waals surface area contributed by atoms with E-state index in [4.69, 9.17) is 9.47 Å². The van der Waals surface area contributed by atoms with Crippen molar-refractivity contribution in [1.82, 2.24) is 15.1 Å². The van der Waals surface area contributed by atoms with E-state index >= 15 is 0 Å². The van der Waals surface area contributed by atoms with Crippen LogP contribution in [0.1, 0.15) is 62.7 Å². The van der Waals surface area contributed by atoms with E-state index in [0.29, 0.717) is 36.8 Å². The topological polar surface area (TPSA) is 71.1 Å². The lowest BCUT2D eigenvalue weighted by Gasteiger charge is -2.52. The lowest BCUT2D eigenvalue weighted by Crippen LogP contribution is -2.49. The number of hydrogen-bond acceptors (Lipinski definition) is 5. The van der Waals surface area contributed by atoms with Gasteiger partial charge in [-0.15, -0.1) is 0 Å². The van der Waals surface area contributed by atoms with E-state index in [9.17, 15) is 14.0 Å². The largest absolute Gasteiger partial charge is 0.493 e. The van der Waals surface area contributed by atoms with Gasteiger partial charge in [-0.05, 0) is 89.9 Å². The van der Waals surface area contributed by atoms with Crippen molar-refractivity contribution in [3.63, 3.8) is 0 Å². The second kappa shape index (κ2) is 11.9. The molecule has 7 nitrogen and oxygen atoms in total. The molecular formula is C26H40FN3O4. The Hall–Kier alpha value is -2.35. The van der Waals surface area contributed by atoms with Crippen LogP contribution in [0.2, 0.25) is 0 Å². The third-order valence-corrected chi connectivity index (χ3v) is 6.92. The zero-order valence-electron chi connectivity index (χ0n) is 21.1. The van der Waals surface area contributed by atoms with Gasteiger partial charge in [0.1, 0.15) is 11.6 Å². The molecule has 1 saturated heterocycles. The molecule has 1 aliphatic carbocycles. The van der Waals surface area contributed by atoms with E-state index in [0.717, 1.165) is 38.8 Å². The number of ether oxygens (including phenoxy) is 2. The molecule has 0 unspecified atom stereocenters. The summed E-state index contributed by atoms with van der Waals surface area (Å²) in [5, 5.41) is 2.72. The molecule has 2 fully saturated rings. The SMILES string of the molecule is CC(C)OC(=O)N1CCC2(CC1)CC(CCCOc1ccc(C(=O)NCCN(C)C)c(F)c1)C2. The van der Waals surface area contributed by atoms with E-state index in [2.05, 4.69) is 5.32 Å². The molecule has 1 aromatic rings. The normalized spacial score (nSPS) is 17.7. The molecule has 34 heavy (non-hydrogen) atoms. The van der Waals surface area contributed by atoms with Gasteiger partial charge >= 0.3 is 6.09 Å². The number of carbonyl (C=O) groups excluding carboxylic acids is 2. The number of rotatable bonds is 10. The monoisotopic (exact) mass is 477 g/mol. The molecule has 1 aliphatic heterocycles. The predicted molar refractivity (Wildman–Crippen MR) is 130 cm³/mol. The molecule has 0 atom stereocenters. The van der Waals surface area contributed by atoms with Crippen molar-refractivity contribution < 1.29 is 23.5 Å². The van der Waals surface area contributed by atoms with Crippen LogP contribution in [0.15, 0.2) is 18.2 Å². The minimum Gasteiger partial charge on any atom is -0.493 e. The minimum absolute atomic E-state index is 0.0365. The van der Waals surface area contributed by atoms with Crippen LogP contribution in [0.25, 0.3) is 0 Å². The number of nitrogens with one attached hydrogen (secondary N) is 1. The summed E-state index contributed by atoms with van der Waals surface area (Å²) >= 11 is 0. The highest BCUT2D eigenvalue weighted by Crippen LogP contribution is 2.54. The van der Waals surface area contributed by atoms with E-state index < -0.39 is 11.7 Å². The van der Waals surface area contributed by atoms with Crippen LogP contribution in [0.4, 0.5) is 9.18 Å². The van der Waals surface area contributed by atoms with Crippen LogP contribution in [0.5, 0.6) is 5.75 Å². The molecule has 1 saturated carbocycles. The van der Waals surface area contributed by atoms with Gasteiger partial charge in [-0.2, -0.15) is 0 Å². The number of piperidine rings is 1. The molecule has 0 bridgehead atoms. The summed E-state index contributed by atoms with van der Waals surface area (Å²) in [5.74, 6) is 0.174. The Morgan fingerprint density at radius 1 is 1.24 bits per heavy atom. The molecule has 1 heterocycles. The van der Waals surface area contributed by atoms with Gasteiger partial charge in [0.2, 0.25) is 0 Å². The molecule has 1 aromatic carbocycles. The Balaban J connectivity index is 1.31. The number of hydrogen-bond donors (Lipinski definition) is 1. The maximum Gasteiger partial charge on any atom is 0.410 e. The van der Waals surface area contributed by atoms with Gasteiger partial charge in [0.15, 0.2) is 0 Å². The molecule has 2 amide bonds. The summed E-state index contributed by atoms with van der Waals surface area (Å²) in [6, 6.07) is 4.42. The Kier molecular flexibility index (Phi) is 9.17. The van der Waals surface area contributed by atoms with E-state index in [1.54, 1.807) is 6.07 Å². The van der Waals surface area contributed by atoms with E-state index in [1.165, 1.54) is 25.0 Å². The molecular weight excluding hydrogens is 437 g/mol. The van der Waals surface area contributed by atoms with Gasteiger partial charge in [-0.1, -0.05) is 0 Å². The summed E-state index contributed by atoms with van der Waals surface area (Å²) in [5.41, 5.74) is 0.432. The molecule has 1 spiro atoms. The average molecular weight is 478 g/mol. The van der Waals surface area contributed by atoms with Gasteiger partial charge < -0.3 is 24.6 Å².